The molecule has 0 aromatic heterocycles. The molecule has 50 heavy (non-hydrogen) atoms. The maximum absolute atomic E-state index is 13.5. The maximum atomic E-state index is 13.5. The summed E-state index contributed by atoms with van der Waals surface area (Å²) >= 11 is 0. The van der Waals surface area contributed by atoms with Crippen molar-refractivity contribution in [2.24, 2.45) is 29.6 Å². The minimum absolute atomic E-state index is 0.0131. The number of hydrogen-bond donors (Lipinski definition) is 1. The van der Waals surface area contributed by atoms with Crippen LogP contribution in [0.3, 0.4) is 0 Å². The van der Waals surface area contributed by atoms with Crippen molar-refractivity contribution in [1.29, 1.82) is 0 Å². The molecule has 3 heterocycles. The number of likely N-dealkylation sites (tertiary alicyclic amines) is 1. The number of carbonyl (C=O) groups is 3. The first-order valence-electron chi connectivity index (χ1n) is 19.5. The predicted octanol–water partition coefficient (Wildman–Crippen LogP) is 6.73. The molecule has 5 aliphatic rings. The minimum Gasteiger partial charge on any atom is -0.457 e. The number of aliphatic hydroxyl groups is 1. The molecule has 2 unspecified atom stereocenters. The van der Waals surface area contributed by atoms with Gasteiger partial charge in [-0.2, -0.15) is 0 Å². The molecule has 10 heteroatoms. The average molecular weight is 698 g/mol. The molecule has 0 bridgehead atoms. The number of esters is 1. The van der Waals surface area contributed by atoms with Crippen LogP contribution in [-0.2, 0) is 19.0 Å². The standard InChI is InChI=1S/C40H63N3O7/c1-28-17-18-40(5,47)35(49-39(46)42-21-19-41(20-22-42)34-13-8-6-7-9-14-34)16-15-31(4)37(50-36(44)23-28)30(3)12-10-11-29(2)27-48-38(45)43-25-32-24-33(32)26-43/h10-12,15-16,28-29,31-35,37,47H,6-9,13-14,17-27H2,1-5H3/b11-10+,16-15+,30-12+/t28-,29-,31+,32?,33?,35+,37-,40-/m1/s1. The fraction of sp³-hybridized carbons (Fsp3) is 0.775. The molecule has 2 aliphatic carbocycles. The Kier molecular flexibility index (Phi) is 13.5. The van der Waals surface area contributed by atoms with E-state index in [1.54, 1.807) is 17.9 Å². The van der Waals surface area contributed by atoms with E-state index in [9.17, 15) is 19.5 Å². The van der Waals surface area contributed by atoms with Crippen LogP contribution in [0, 0.1) is 29.6 Å². The number of cyclic esters (lactones) is 1. The molecular formula is C40H63N3O7. The largest absolute Gasteiger partial charge is 0.457 e. The van der Waals surface area contributed by atoms with Gasteiger partial charge in [0.1, 0.15) is 11.7 Å². The molecular weight excluding hydrogens is 634 g/mol. The molecule has 4 fully saturated rings. The molecule has 3 aliphatic heterocycles. The summed E-state index contributed by atoms with van der Waals surface area (Å²) in [7, 11) is 0. The van der Waals surface area contributed by atoms with E-state index in [0.717, 1.165) is 31.8 Å². The topological polar surface area (TPSA) is 109 Å². The van der Waals surface area contributed by atoms with Crippen molar-refractivity contribution in [2.45, 2.75) is 123 Å². The highest BCUT2D eigenvalue weighted by atomic mass is 16.6. The van der Waals surface area contributed by atoms with E-state index < -0.39 is 23.9 Å². The quantitative estimate of drug-likeness (QED) is 0.103. The molecule has 0 aromatic carbocycles. The molecule has 0 aromatic rings. The van der Waals surface area contributed by atoms with Crippen molar-refractivity contribution < 1.29 is 33.7 Å². The molecule has 280 valence electrons. The van der Waals surface area contributed by atoms with Crippen LogP contribution >= 0.6 is 0 Å². The van der Waals surface area contributed by atoms with Crippen LogP contribution in [0.5, 0.6) is 0 Å². The van der Waals surface area contributed by atoms with Crippen LogP contribution in [0.25, 0.3) is 0 Å². The number of fused-ring (bicyclic) bond motifs is 1. The second-order valence-corrected chi connectivity index (χ2v) is 16.3. The van der Waals surface area contributed by atoms with Gasteiger partial charge in [0.05, 0.1) is 6.61 Å². The minimum atomic E-state index is -1.30. The lowest BCUT2D eigenvalue weighted by atomic mass is 9.87. The second-order valence-electron chi connectivity index (χ2n) is 16.3. The predicted molar refractivity (Wildman–Crippen MR) is 193 cm³/mol. The van der Waals surface area contributed by atoms with Gasteiger partial charge in [-0.05, 0) is 75.4 Å². The van der Waals surface area contributed by atoms with Crippen LogP contribution < -0.4 is 0 Å². The Bertz CT molecular complexity index is 1240. The number of ether oxygens (including phenoxy) is 3. The Labute approximate surface area is 300 Å². The molecule has 5 rings (SSSR count). The van der Waals surface area contributed by atoms with Gasteiger partial charge in [-0.3, -0.25) is 9.69 Å². The summed E-state index contributed by atoms with van der Waals surface area (Å²) in [6.45, 7) is 14.5. The van der Waals surface area contributed by atoms with Gasteiger partial charge < -0.3 is 29.1 Å². The third-order valence-electron chi connectivity index (χ3n) is 11.7. The van der Waals surface area contributed by atoms with Crippen LogP contribution in [0.15, 0.2) is 36.0 Å². The SMILES string of the molecule is C/C(=C\C=C\[C@@H](C)COC(=O)N1CC2CC2C1)[C@H]1OC(=O)C[C@H](C)CC[C@@](C)(O)[C@@H](OC(=O)N2CCN(C3CCCCCC3)CC2)/C=C/[C@@H]1C. The first-order chi connectivity index (χ1) is 23.9. The second kappa shape index (κ2) is 17.6. The Hall–Kier alpha value is -2.85. The van der Waals surface area contributed by atoms with E-state index in [-0.39, 0.29) is 36.2 Å². The van der Waals surface area contributed by atoms with Gasteiger partial charge in [0.25, 0.3) is 0 Å². The van der Waals surface area contributed by atoms with Gasteiger partial charge in [0.15, 0.2) is 6.10 Å². The van der Waals surface area contributed by atoms with Gasteiger partial charge in [-0.1, -0.05) is 70.8 Å². The molecule has 0 radical (unpaired) electrons. The van der Waals surface area contributed by atoms with Gasteiger partial charge >= 0.3 is 18.2 Å². The van der Waals surface area contributed by atoms with Crippen LogP contribution in [0.2, 0.25) is 0 Å². The molecule has 2 amide bonds. The van der Waals surface area contributed by atoms with Crippen LogP contribution in [-0.4, -0.2) is 108 Å². The fourth-order valence-electron chi connectivity index (χ4n) is 8.09. The van der Waals surface area contributed by atoms with Gasteiger partial charge in [-0.25, -0.2) is 9.59 Å². The molecule has 2 saturated heterocycles. The van der Waals surface area contributed by atoms with Gasteiger partial charge in [0, 0.05) is 63.6 Å². The Morgan fingerprint density at radius 3 is 2.36 bits per heavy atom. The number of rotatable bonds is 7. The van der Waals surface area contributed by atoms with Crippen molar-refractivity contribution in [3.8, 4) is 0 Å². The summed E-state index contributed by atoms with van der Waals surface area (Å²) in [5, 5.41) is 11.6. The molecule has 1 N–H and O–H groups in total. The highest BCUT2D eigenvalue weighted by Gasteiger charge is 2.47. The zero-order chi connectivity index (χ0) is 35.8. The van der Waals surface area contributed by atoms with E-state index in [0.29, 0.717) is 50.4 Å². The molecule has 2 saturated carbocycles. The van der Waals surface area contributed by atoms with E-state index in [4.69, 9.17) is 14.2 Å². The number of allylic oxidation sites excluding steroid dienone is 2. The van der Waals surface area contributed by atoms with E-state index >= 15 is 0 Å². The number of hydrogen-bond acceptors (Lipinski definition) is 8. The summed E-state index contributed by atoms with van der Waals surface area (Å²) in [6, 6.07) is 0.613. The van der Waals surface area contributed by atoms with Crippen molar-refractivity contribution in [3.63, 3.8) is 0 Å². The van der Waals surface area contributed by atoms with Crippen molar-refractivity contribution >= 4 is 18.2 Å². The normalized spacial score (nSPS) is 34.9. The fourth-order valence-corrected chi connectivity index (χ4v) is 8.09. The highest BCUT2D eigenvalue weighted by Crippen LogP contribution is 2.45. The average Bonchev–Trinajstić information content (AvgIpc) is 3.79. The Balaban J connectivity index is 1.19. The first kappa shape index (κ1) is 38.4. The van der Waals surface area contributed by atoms with Crippen molar-refractivity contribution in [1.82, 2.24) is 14.7 Å². The smallest absolute Gasteiger partial charge is 0.410 e. The summed E-state index contributed by atoms with van der Waals surface area (Å²) in [6.07, 6.45) is 17.7. The zero-order valence-corrected chi connectivity index (χ0v) is 31.3. The number of piperazine rings is 1. The summed E-state index contributed by atoms with van der Waals surface area (Å²) in [4.78, 5) is 45.1. The Morgan fingerprint density at radius 2 is 1.68 bits per heavy atom. The van der Waals surface area contributed by atoms with Gasteiger partial charge in [-0.15, -0.1) is 0 Å². The number of carbonyl (C=O) groups excluding carboxylic acids is 3. The Morgan fingerprint density at radius 1 is 1.00 bits per heavy atom. The van der Waals surface area contributed by atoms with Gasteiger partial charge in [0.2, 0.25) is 0 Å². The van der Waals surface area contributed by atoms with E-state index in [2.05, 4.69) is 4.90 Å². The lowest BCUT2D eigenvalue weighted by Gasteiger charge is -2.40. The molecule has 10 nitrogen and oxygen atoms in total. The zero-order valence-electron chi connectivity index (χ0n) is 31.3. The van der Waals surface area contributed by atoms with Crippen LogP contribution in [0.1, 0.15) is 98.8 Å². The highest BCUT2D eigenvalue weighted by molar-refractivity contribution is 5.70. The van der Waals surface area contributed by atoms with E-state index in [1.165, 1.54) is 44.9 Å². The summed E-state index contributed by atoms with van der Waals surface area (Å²) in [5.41, 5.74) is -0.438. The number of amides is 2. The first-order valence-corrected chi connectivity index (χ1v) is 19.5. The van der Waals surface area contributed by atoms with E-state index in [1.807, 2.05) is 56.9 Å². The molecule has 8 atom stereocenters. The maximum Gasteiger partial charge on any atom is 0.410 e. The monoisotopic (exact) mass is 697 g/mol. The third kappa shape index (κ3) is 10.8. The van der Waals surface area contributed by atoms with Crippen LogP contribution in [0.4, 0.5) is 9.59 Å². The van der Waals surface area contributed by atoms with Crippen molar-refractivity contribution in [3.05, 3.63) is 36.0 Å². The summed E-state index contributed by atoms with van der Waals surface area (Å²) in [5.74, 6) is 0.840. The number of piperidine rings is 1. The summed E-state index contributed by atoms with van der Waals surface area (Å²) < 4.78 is 17.7. The molecule has 0 spiro atoms. The number of nitrogens with zero attached hydrogens (tertiary/aromatic N) is 3. The lowest BCUT2D eigenvalue weighted by molar-refractivity contribution is -0.150. The third-order valence-corrected chi connectivity index (χ3v) is 11.7. The van der Waals surface area contributed by atoms with Crippen molar-refractivity contribution in [2.75, 3.05) is 45.9 Å². The lowest BCUT2D eigenvalue weighted by Crippen LogP contribution is -2.53.